The van der Waals surface area contributed by atoms with Gasteiger partial charge in [-0.3, -0.25) is 0 Å². The van der Waals surface area contributed by atoms with E-state index in [2.05, 4.69) is 53.5 Å². The Hall–Kier alpha value is -4.65. The molecule has 6 heteroatoms. The minimum absolute atomic E-state index is 0.107. The van der Waals surface area contributed by atoms with Crippen LogP contribution < -0.4 is 5.73 Å². The molecule has 1 saturated heterocycles. The van der Waals surface area contributed by atoms with Crippen molar-refractivity contribution in [3.63, 3.8) is 0 Å². The lowest BCUT2D eigenvalue weighted by atomic mass is 9.90. The van der Waals surface area contributed by atoms with E-state index in [-0.39, 0.29) is 12.3 Å². The molecule has 0 spiro atoms. The van der Waals surface area contributed by atoms with E-state index in [0.29, 0.717) is 11.6 Å². The Morgan fingerprint density at radius 2 is 1.19 bits per heavy atom. The molecule has 0 saturated carbocycles. The van der Waals surface area contributed by atoms with Crippen molar-refractivity contribution in [2.24, 2.45) is 5.73 Å². The summed E-state index contributed by atoms with van der Waals surface area (Å²) in [5.41, 5.74) is 11.4. The van der Waals surface area contributed by atoms with Crippen molar-refractivity contribution in [2.45, 2.75) is 12.3 Å². The molecule has 6 nitrogen and oxygen atoms in total. The second kappa shape index (κ2) is 7.67. The van der Waals surface area contributed by atoms with Crippen molar-refractivity contribution in [3.05, 3.63) is 103 Å². The summed E-state index contributed by atoms with van der Waals surface area (Å²) in [7, 11) is 0. The molecule has 1 aliphatic rings. The molecule has 3 aromatic heterocycles. The van der Waals surface area contributed by atoms with Gasteiger partial charge in [0.2, 0.25) is 5.89 Å². The van der Waals surface area contributed by atoms with Gasteiger partial charge < -0.3 is 14.9 Å². The molecule has 4 aromatic carbocycles. The van der Waals surface area contributed by atoms with Gasteiger partial charge in [0.15, 0.2) is 0 Å². The third-order valence-electron chi connectivity index (χ3n) is 7.11. The molecule has 37 heavy (non-hydrogen) atoms. The Bertz CT molecular complexity index is 1880. The maximum atomic E-state index is 5.86. The maximum absolute atomic E-state index is 5.86. The van der Waals surface area contributed by atoms with Crippen LogP contribution in [0, 0.1) is 0 Å². The number of nitrogens with zero attached hydrogens (tertiary/aromatic N) is 3. The van der Waals surface area contributed by atoms with Crippen LogP contribution in [-0.4, -0.2) is 21.2 Å². The second-order valence-corrected chi connectivity index (χ2v) is 9.44. The van der Waals surface area contributed by atoms with Crippen LogP contribution in [0.1, 0.15) is 11.8 Å². The average molecular weight is 481 g/mol. The monoisotopic (exact) mass is 480 g/mol. The van der Waals surface area contributed by atoms with E-state index in [9.17, 15) is 0 Å². The number of pyridine rings is 2. The van der Waals surface area contributed by atoms with Gasteiger partial charge in [-0.25, -0.2) is 15.0 Å². The van der Waals surface area contributed by atoms with Crippen LogP contribution in [0.2, 0.25) is 0 Å². The fourth-order valence-electron chi connectivity index (χ4n) is 5.33. The quantitative estimate of drug-likeness (QED) is 0.222. The summed E-state index contributed by atoms with van der Waals surface area (Å²) in [6, 6.07) is 29.6. The van der Waals surface area contributed by atoms with Crippen molar-refractivity contribution < 1.29 is 9.15 Å². The zero-order valence-electron chi connectivity index (χ0n) is 19.6. The number of hydrogen-bond acceptors (Lipinski definition) is 6. The molecule has 0 amide bonds. The highest BCUT2D eigenvalue weighted by Crippen LogP contribution is 2.40. The minimum atomic E-state index is -0.252. The Morgan fingerprint density at radius 3 is 1.73 bits per heavy atom. The lowest BCUT2D eigenvalue weighted by Gasteiger charge is -2.14. The minimum Gasteiger partial charge on any atom is -0.443 e. The molecule has 1 fully saturated rings. The Labute approximate surface area is 211 Å². The first-order valence-electron chi connectivity index (χ1n) is 12.2. The van der Waals surface area contributed by atoms with Crippen molar-refractivity contribution >= 4 is 32.3 Å². The number of ether oxygens (including phenoxy) is 1. The lowest BCUT2D eigenvalue weighted by molar-refractivity contribution is 0.375. The van der Waals surface area contributed by atoms with Crippen LogP contribution in [0.25, 0.3) is 66.4 Å². The molecule has 2 atom stereocenters. The van der Waals surface area contributed by atoms with E-state index in [0.717, 1.165) is 28.2 Å². The first-order chi connectivity index (χ1) is 18.2. The number of nitrogens with two attached hydrogens (primary N) is 1. The van der Waals surface area contributed by atoms with Gasteiger partial charge in [0.1, 0.15) is 24.3 Å². The smallest absolute Gasteiger partial charge is 0.245 e. The molecular formula is C31H20N4O2. The van der Waals surface area contributed by atoms with Crippen LogP contribution in [0.15, 0.2) is 102 Å². The first kappa shape index (κ1) is 20.5. The number of oxazole rings is 1. The number of epoxide rings is 1. The summed E-state index contributed by atoms with van der Waals surface area (Å²) in [6.07, 6.45) is 2.83. The van der Waals surface area contributed by atoms with Crippen molar-refractivity contribution in [2.75, 3.05) is 0 Å². The van der Waals surface area contributed by atoms with Crippen LogP contribution in [0.4, 0.5) is 0 Å². The van der Waals surface area contributed by atoms with Crippen LogP contribution >= 0.6 is 0 Å². The average Bonchev–Trinajstić information content (AvgIpc) is 3.42. The van der Waals surface area contributed by atoms with Gasteiger partial charge in [-0.1, -0.05) is 36.4 Å². The fourth-order valence-corrected chi connectivity index (χ4v) is 5.33. The standard InChI is InChI=1S/C31H20N4O2/c32-30-29(37-30)25-5-1-3-23(34-25)21-13-17-7-9-19-15-22(16-20-10-8-18(14-21)27(17)28(19)20)24-4-2-6-26(35-24)31-33-11-12-36-31/h1-16,29-30H,32H2/t29-,30?/m0/s1. The van der Waals surface area contributed by atoms with Crippen molar-refractivity contribution in [1.29, 1.82) is 0 Å². The summed E-state index contributed by atoms with van der Waals surface area (Å²) in [4.78, 5) is 13.9. The normalized spacial score (nSPS) is 17.2. The summed E-state index contributed by atoms with van der Waals surface area (Å²) < 4.78 is 10.9. The predicted molar refractivity (Wildman–Crippen MR) is 144 cm³/mol. The molecule has 0 aliphatic carbocycles. The van der Waals surface area contributed by atoms with Gasteiger partial charge in [-0.2, -0.15) is 0 Å². The molecule has 1 aliphatic heterocycles. The Balaban J connectivity index is 1.26. The van der Waals surface area contributed by atoms with E-state index >= 15 is 0 Å². The van der Waals surface area contributed by atoms with Gasteiger partial charge in [0.25, 0.3) is 0 Å². The molecule has 4 heterocycles. The highest BCUT2D eigenvalue weighted by molar-refractivity contribution is 6.24. The number of rotatable bonds is 4. The van der Waals surface area contributed by atoms with Crippen LogP contribution in [0.3, 0.4) is 0 Å². The van der Waals surface area contributed by atoms with E-state index < -0.39 is 0 Å². The summed E-state index contributed by atoms with van der Waals surface area (Å²) in [5.74, 6) is 0.517. The zero-order chi connectivity index (χ0) is 24.5. The lowest BCUT2D eigenvalue weighted by Crippen LogP contribution is -2.02. The highest BCUT2D eigenvalue weighted by Gasteiger charge is 2.38. The largest absolute Gasteiger partial charge is 0.443 e. The van der Waals surface area contributed by atoms with Crippen LogP contribution in [-0.2, 0) is 4.74 Å². The van der Waals surface area contributed by atoms with Crippen molar-refractivity contribution in [3.8, 4) is 34.1 Å². The predicted octanol–water partition coefficient (Wildman–Crippen LogP) is 6.72. The van der Waals surface area contributed by atoms with Gasteiger partial charge in [-0.15, -0.1) is 0 Å². The van der Waals surface area contributed by atoms with Gasteiger partial charge >= 0.3 is 0 Å². The van der Waals surface area contributed by atoms with Crippen LogP contribution in [0.5, 0.6) is 0 Å². The SMILES string of the molecule is NC1O[C@H]1c1cccc(-c2cc3ccc4cc(-c5cccc(-c6ncco6)n5)cc5ccc(c2)c3c45)n1. The molecule has 0 bridgehead atoms. The van der Waals surface area contributed by atoms with Gasteiger partial charge in [0, 0.05) is 11.1 Å². The number of benzene rings is 4. The number of hydrogen-bond donors (Lipinski definition) is 1. The van der Waals surface area contributed by atoms with E-state index in [1.54, 1.807) is 12.5 Å². The molecule has 7 aromatic rings. The van der Waals surface area contributed by atoms with Gasteiger partial charge in [0.05, 0.1) is 23.3 Å². The number of aromatic nitrogens is 3. The van der Waals surface area contributed by atoms with E-state index in [4.69, 9.17) is 24.9 Å². The molecule has 8 rings (SSSR count). The maximum Gasteiger partial charge on any atom is 0.245 e. The van der Waals surface area contributed by atoms with Crippen molar-refractivity contribution in [1.82, 2.24) is 15.0 Å². The molecule has 2 N–H and O–H groups in total. The molecular weight excluding hydrogens is 460 g/mol. The third kappa shape index (κ3) is 3.31. The fraction of sp³-hybridized carbons (Fsp3) is 0.0645. The Kier molecular flexibility index (Phi) is 4.26. The Morgan fingerprint density at radius 1 is 0.649 bits per heavy atom. The second-order valence-electron chi connectivity index (χ2n) is 9.44. The van der Waals surface area contributed by atoms with E-state index in [1.165, 1.54) is 32.3 Å². The summed E-state index contributed by atoms with van der Waals surface area (Å²) in [5, 5.41) is 7.26. The molecule has 1 unspecified atom stereocenters. The topological polar surface area (TPSA) is 90.4 Å². The molecule has 176 valence electrons. The first-order valence-corrected chi connectivity index (χ1v) is 12.2. The summed E-state index contributed by atoms with van der Waals surface area (Å²) >= 11 is 0. The highest BCUT2D eigenvalue weighted by atomic mass is 16.6. The van der Waals surface area contributed by atoms with E-state index in [1.807, 2.05) is 36.4 Å². The zero-order valence-corrected chi connectivity index (χ0v) is 19.6. The summed E-state index contributed by atoms with van der Waals surface area (Å²) in [6.45, 7) is 0. The molecule has 0 radical (unpaired) electrons. The third-order valence-corrected chi connectivity index (χ3v) is 7.11. The van der Waals surface area contributed by atoms with Gasteiger partial charge in [-0.05, 0) is 80.8 Å².